The van der Waals surface area contributed by atoms with E-state index in [4.69, 9.17) is 11.6 Å². The summed E-state index contributed by atoms with van der Waals surface area (Å²) in [6.07, 6.45) is 0.692. The normalized spacial score (nSPS) is 22.7. The Morgan fingerprint density at radius 1 is 1.20 bits per heavy atom. The molecule has 0 saturated carbocycles. The molecule has 2 fully saturated rings. The number of piperidine rings is 1. The maximum Gasteiger partial charge on any atom is 0.408 e. The number of Topliss-reactive ketones (excluding diaryl/α,β-unsaturated/α-hetero) is 1. The van der Waals surface area contributed by atoms with Crippen LogP contribution in [0.4, 0.5) is 9.18 Å². The molecule has 8 nitrogen and oxygen atoms in total. The second kappa shape index (κ2) is 10.3. The fourth-order valence-corrected chi connectivity index (χ4v) is 5.54. The Balaban J connectivity index is 1.57. The SMILES string of the molecule is CCN(C(=O)O)[C@]1(C(=O)C2CCN(C(=O)c3ccc(F)cn3)CC2)CNC[C@H]1c1ccc(Cl)cc1. The highest BCUT2D eigenvalue weighted by Gasteiger charge is 2.56. The van der Waals surface area contributed by atoms with Crippen molar-refractivity contribution in [3.05, 3.63) is 64.7 Å². The lowest BCUT2D eigenvalue weighted by Crippen LogP contribution is -2.63. The Labute approximate surface area is 208 Å². The Hall–Kier alpha value is -3.04. The van der Waals surface area contributed by atoms with Crippen molar-refractivity contribution >= 4 is 29.4 Å². The van der Waals surface area contributed by atoms with Gasteiger partial charge in [-0.3, -0.25) is 14.5 Å². The fraction of sp³-hybridized carbons (Fsp3) is 0.440. The number of pyridine rings is 1. The first kappa shape index (κ1) is 25.1. The molecule has 0 aliphatic carbocycles. The molecule has 2 saturated heterocycles. The van der Waals surface area contributed by atoms with Gasteiger partial charge in [0.2, 0.25) is 0 Å². The number of hydrogen-bond acceptors (Lipinski definition) is 5. The molecule has 1 aromatic heterocycles. The molecule has 0 unspecified atom stereocenters. The highest BCUT2D eigenvalue weighted by molar-refractivity contribution is 6.30. The number of rotatable bonds is 6. The van der Waals surface area contributed by atoms with Gasteiger partial charge in [0.05, 0.1) is 6.20 Å². The monoisotopic (exact) mass is 502 g/mol. The lowest BCUT2D eigenvalue weighted by molar-refractivity contribution is -0.135. The van der Waals surface area contributed by atoms with E-state index in [1.165, 1.54) is 17.0 Å². The maximum atomic E-state index is 14.1. The number of nitrogens with zero attached hydrogens (tertiary/aromatic N) is 3. The zero-order valence-corrected chi connectivity index (χ0v) is 20.2. The first-order valence-electron chi connectivity index (χ1n) is 11.7. The van der Waals surface area contributed by atoms with E-state index in [0.29, 0.717) is 37.5 Å². The zero-order valence-electron chi connectivity index (χ0n) is 19.4. The van der Waals surface area contributed by atoms with Gasteiger partial charge in [-0.25, -0.2) is 14.2 Å². The number of ketones is 1. The van der Waals surface area contributed by atoms with E-state index < -0.39 is 23.4 Å². The van der Waals surface area contributed by atoms with Gasteiger partial charge in [-0.1, -0.05) is 23.7 Å². The summed E-state index contributed by atoms with van der Waals surface area (Å²) in [6, 6.07) is 9.71. The molecule has 2 amide bonds. The molecule has 2 aromatic rings. The van der Waals surface area contributed by atoms with Gasteiger partial charge in [0.25, 0.3) is 5.91 Å². The van der Waals surface area contributed by atoms with Gasteiger partial charge in [0.15, 0.2) is 5.78 Å². The van der Waals surface area contributed by atoms with E-state index in [1.807, 2.05) is 12.1 Å². The average molecular weight is 503 g/mol. The summed E-state index contributed by atoms with van der Waals surface area (Å²) in [4.78, 5) is 45.9. The van der Waals surface area contributed by atoms with E-state index >= 15 is 0 Å². The lowest BCUT2D eigenvalue weighted by atomic mass is 9.71. The smallest absolute Gasteiger partial charge is 0.408 e. The molecule has 1 aromatic carbocycles. The van der Waals surface area contributed by atoms with Crippen LogP contribution in [0.15, 0.2) is 42.6 Å². The molecule has 10 heteroatoms. The lowest BCUT2D eigenvalue weighted by Gasteiger charge is -2.44. The minimum Gasteiger partial charge on any atom is -0.465 e. The summed E-state index contributed by atoms with van der Waals surface area (Å²) in [6.45, 7) is 3.26. The first-order valence-corrected chi connectivity index (χ1v) is 12.1. The van der Waals surface area contributed by atoms with Crippen LogP contribution in [0.1, 0.15) is 41.7 Å². The van der Waals surface area contributed by atoms with Crippen molar-refractivity contribution in [3.63, 3.8) is 0 Å². The third-order valence-electron chi connectivity index (χ3n) is 7.15. The van der Waals surface area contributed by atoms with Crippen LogP contribution in [0.5, 0.6) is 0 Å². The molecule has 2 aliphatic heterocycles. The second-order valence-corrected chi connectivity index (χ2v) is 9.41. The third kappa shape index (κ3) is 4.75. The number of hydrogen-bond donors (Lipinski definition) is 2. The number of aromatic nitrogens is 1. The van der Waals surface area contributed by atoms with Crippen molar-refractivity contribution in [3.8, 4) is 0 Å². The summed E-state index contributed by atoms with van der Waals surface area (Å²) >= 11 is 6.06. The van der Waals surface area contributed by atoms with Crippen LogP contribution < -0.4 is 5.32 Å². The van der Waals surface area contributed by atoms with Gasteiger partial charge in [0, 0.05) is 49.6 Å². The predicted molar refractivity (Wildman–Crippen MR) is 128 cm³/mol. The molecule has 186 valence electrons. The Bertz CT molecular complexity index is 1090. The molecule has 2 aliphatic rings. The van der Waals surface area contributed by atoms with Crippen LogP contribution in [0.25, 0.3) is 0 Å². The van der Waals surface area contributed by atoms with E-state index in [9.17, 15) is 23.9 Å². The van der Waals surface area contributed by atoms with Crippen LogP contribution in [-0.4, -0.2) is 75.9 Å². The molecule has 0 spiro atoms. The number of halogens is 2. The number of likely N-dealkylation sites (N-methyl/N-ethyl adjacent to an activating group) is 1. The van der Waals surface area contributed by atoms with Gasteiger partial charge in [-0.05, 0) is 49.6 Å². The topological polar surface area (TPSA) is 103 Å². The van der Waals surface area contributed by atoms with Gasteiger partial charge in [-0.2, -0.15) is 0 Å². The van der Waals surface area contributed by atoms with E-state index in [0.717, 1.165) is 11.8 Å². The largest absolute Gasteiger partial charge is 0.465 e. The number of carbonyl (C=O) groups is 3. The van der Waals surface area contributed by atoms with Crippen LogP contribution in [0.2, 0.25) is 5.02 Å². The van der Waals surface area contributed by atoms with Crippen LogP contribution in [-0.2, 0) is 4.79 Å². The molecule has 2 atom stereocenters. The summed E-state index contributed by atoms with van der Waals surface area (Å²) in [5, 5.41) is 13.9. The second-order valence-electron chi connectivity index (χ2n) is 8.98. The summed E-state index contributed by atoms with van der Waals surface area (Å²) in [7, 11) is 0. The average Bonchev–Trinajstić information content (AvgIpc) is 3.30. The summed E-state index contributed by atoms with van der Waals surface area (Å²) < 4.78 is 13.2. The standard InChI is InChI=1S/C25H28ClFN4O4/c1-2-31(24(34)35)25(15-28-14-20(25)16-3-5-18(26)6-4-16)22(32)17-9-11-30(12-10-17)23(33)21-8-7-19(27)13-29-21/h3-8,13,17,20,28H,2,9-12,14-15H2,1H3,(H,34,35)/t20-,25+/m0/s1. The zero-order chi connectivity index (χ0) is 25.2. The highest BCUT2D eigenvalue weighted by Crippen LogP contribution is 2.41. The first-order chi connectivity index (χ1) is 16.8. The maximum absolute atomic E-state index is 14.1. The molecular formula is C25H28ClFN4O4. The summed E-state index contributed by atoms with van der Waals surface area (Å²) in [5.74, 6) is -1.73. The molecule has 3 heterocycles. The molecular weight excluding hydrogens is 475 g/mol. The number of nitrogens with one attached hydrogen (secondary N) is 1. The Kier molecular flexibility index (Phi) is 7.37. The number of amides is 2. The van der Waals surface area contributed by atoms with Gasteiger partial charge >= 0.3 is 6.09 Å². The highest BCUT2D eigenvalue weighted by atomic mass is 35.5. The van der Waals surface area contributed by atoms with Crippen molar-refractivity contribution in [2.75, 3.05) is 32.7 Å². The number of likely N-dealkylation sites (tertiary alicyclic amines) is 1. The molecule has 0 bridgehead atoms. The molecule has 4 rings (SSSR count). The number of carbonyl (C=O) groups excluding carboxylic acids is 2. The van der Waals surface area contributed by atoms with E-state index in [1.54, 1.807) is 24.0 Å². The minimum atomic E-state index is -1.26. The minimum absolute atomic E-state index is 0.126. The quantitative estimate of drug-likeness (QED) is 0.627. The molecule has 2 N–H and O–H groups in total. The van der Waals surface area contributed by atoms with Crippen molar-refractivity contribution in [2.45, 2.75) is 31.2 Å². The van der Waals surface area contributed by atoms with Crippen LogP contribution in [0.3, 0.4) is 0 Å². The third-order valence-corrected chi connectivity index (χ3v) is 7.40. The van der Waals surface area contributed by atoms with Gasteiger partial charge in [0.1, 0.15) is 17.1 Å². The van der Waals surface area contributed by atoms with Crippen molar-refractivity contribution in [1.82, 2.24) is 20.1 Å². The summed E-state index contributed by atoms with van der Waals surface area (Å²) in [5.41, 5.74) is -0.259. The Morgan fingerprint density at radius 3 is 2.46 bits per heavy atom. The van der Waals surface area contributed by atoms with E-state index in [2.05, 4.69) is 10.3 Å². The van der Waals surface area contributed by atoms with Crippen LogP contribution >= 0.6 is 11.6 Å². The number of benzene rings is 1. The van der Waals surface area contributed by atoms with Crippen LogP contribution in [0, 0.1) is 11.7 Å². The van der Waals surface area contributed by atoms with Crippen molar-refractivity contribution in [2.24, 2.45) is 5.92 Å². The van der Waals surface area contributed by atoms with Crippen molar-refractivity contribution < 1.29 is 23.9 Å². The van der Waals surface area contributed by atoms with E-state index in [-0.39, 0.29) is 36.4 Å². The van der Waals surface area contributed by atoms with Gasteiger partial charge in [-0.15, -0.1) is 0 Å². The number of carboxylic acid groups (broad SMARTS) is 1. The predicted octanol–water partition coefficient (Wildman–Crippen LogP) is 3.42. The molecule has 0 radical (unpaired) electrons. The van der Waals surface area contributed by atoms with Gasteiger partial charge < -0.3 is 15.3 Å². The molecule has 35 heavy (non-hydrogen) atoms. The fourth-order valence-electron chi connectivity index (χ4n) is 5.41. The van der Waals surface area contributed by atoms with Crippen molar-refractivity contribution in [1.29, 1.82) is 0 Å². The Morgan fingerprint density at radius 2 is 1.89 bits per heavy atom.